The Morgan fingerprint density at radius 3 is 2.50 bits per heavy atom. The van der Waals surface area contributed by atoms with Crippen molar-refractivity contribution in [2.75, 3.05) is 11.5 Å². The largest absolute Gasteiger partial charge is 0.397 e. The summed E-state index contributed by atoms with van der Waals surface area (Å²) in [5, 5.41) is 0.238. The summed E-state index contributed by atoms with van der Waals surface area (Å²) in [7, 11) is 0. The highest BCUT2D eigenvalue weighted by Gasteiger charge is 2.09. The normalized spacial score (nSPS) is 9.83. The van der Waals surface area contributed by atoms with Gasteiger partial charge in [-0.25, -0.2) is 0 Å². The first-order valence-corrected chi connectivity index (χ1v) is 3.76. The molecule has 12 heavy (non-hydrogen) atoms. The standard InChI is InChI=1S/C8H9ClN2O/c1-4(12)5-2-3-6(10)8(11)7(5)9/h2-3H,10-11H2,1H3. The van der Waals surface area contributed by atoms with Crippen LogP contribution in [-0.4, -0.2) is 5.78 Å². The minimum Gasteiger partial charge on any atom is -0.397 e. The fourth-order valence-corrected chi connectivity index (χ4v) is 1.18. The molecule has 0 heterocycles. The van der Waals surface area contributed by atoms with Crippen molar-refractivity contribution in [3.8, 4) is 0 Å². The van der Waals surface area contributed by atoms with E-state index >= 15 is 0 Å². The number of benzene rings is 1. The van der Waals surface area contributed by atoms with Crippen molar-refractivity contribution < 1.29 is 4.79 Å². The van der Waals surface area contributed by atoms with Gasteiger partial charge in [0.2, 0.25) is 0 Å². The lowest BCUT2D eigenvalue weighted by Crippen LogP contribution is -2.00. The van der Waals surface area contributed by atoms with Gasteiger partial charge in [0.05, 0.1) is 16.4 Å². The number of carbonyl (C=O) groups excluding carboxylic acids is 1. The monoisotopic (exact) mass is 184 g/mol. The van der Waals surface area contributed by atoms with Crippen LogP contribution in [0.15, 0.2) is 12.1 Å². The third-order valence-electron chi connectivity index (χ3n) is 1.59. The first-order chi connectivity index (χ1) is 5.54. The molecule has 0 spiro atoms. The predicted molar refractivity (Wildman–Crippen MR) is 50.3 cm³/mol. The number of nitrogens with two attached hydrogens (primary N) is 2. The zero-order valence-corrected chi connectivity index (χ0v) is 7.35. The van der Waals surface area contributed by atoms with Crippen LogP contribution in [0.1, 0.15) is 17.3 Å². The summed E-state index contributed by atoms with van der Waals surface area (Å²) in [6.07, 6.45) is 0. The molecule has 0 fully saturated rings. The van der Waals surface area contributed by atoms with Crippen LogP contribution in [0.3, 0.4) is 0 Å². The second-order valence-electron chi connectivity index (χ2n) is 2.49. The van der Waals surface area contributed by atoms with Gasteiger partial charge in [-0.2, -0.15) is 0 Å². The number of halogens is 1. The molecule has 1 aromatic carbocycles. The first kappa shape index (κ1) is 8.87. The van der Waals surface area contributed by atoms with E-state index in [1.807, 2.05) is 0 Å². The van der Waals surface area contributed by atoms with Gasteiger partial charge in [0.15, 0.2) is 5.78 Å². The molecule has 0 bridgehead atoms. The van der Waals surface area contributed by atoms with Gasteiger partial charge in [0.1, 0.15) is 0 Å². The van der Waals surface area contributed by atoms with Crippen molar-refractivity contribution in [2.45, 2.75) is 6.92 Å². The molecule has 3 nitrogen and oxygen atoms in total. The van der Waals surface area contributed by atoms with E-state index in [0.717, 1.165) is 0 Å². The van der Waals surface area contributed by atoms with E-state index in [1.165, 1.54) is 6.92 Å². The Kier molecular flexibility index (Phi) is 2.24. The van der Waals surface area contributed by atoms with Crippen molar-refractivity contribution in [1.82, 2.24) is 0 Å². The quantitative estimate of drug-likeness (QED) is 0.516. The van der Waals surface area contributed by atoms with Gasteiger partial charge >= 0.3 is 0 Å². The Morgan fingerprint density at radius 2 is 2.00 bits per heavy atom. The average Bonchev–Trinajstić information content (AvgIpc) is 2.00. The average molecular weight is 185 g/mol. The predicted octanol–water partition coefficient (Wildman–Crippen LogP) is 1.71. The lowest BCUT2D eigenvalue weighted by atomic mass is 10.1. The van der Waals surface area contributed by atoms with Crippen LogP contribution in [0, 0.1) is 0 Å². The maximum absolute atomic E-state index is 10.9. The second-order valence-corrected chi connectivity index (χ2v) is 2.86. The van der Waals surface area contributed by atoms with E-state index in [1.54, 1.807) is 12.1 Å². The third kappa shape index (κ3) is 1.36. The fourth-order valence-electron chi connectivity index (χ4n) is 0.880. The third-order valence-corrected chi connectivity index (χ3v) is 2.00. The molecule has 4 heteroatoms. The molecule has 0 radical (unpaired) electrons. The van der Waals surface area contributed by atoms with E-state index in [-0.39, 0.29) is 16.5 Å². The molecule has 0 aliphatic rings. The smallest absolute Gasteiger partial charge is 0.161 e. The molecule has 64 valence electrons. The fraction of sp³-hybridized carbons (Fsp3) is 0.125. The van der Waals surface area contributed by atoms with Gasteiger partial charge in [0.25, 0.3) is 0 Å². The molecule has 0 aliphatic heterocycles. The van der Waals surface area contributed by atoms with Crippen LogP contribution in [-0.2, 0) is 0 Å². The highest BCUT2D eigenvalue weighted by Crippen LogP contribution is 2.28. The number of anilines is 2. The summed E-state index contributed by atoms with van der Waals surface area (Å²) in [6, 6.07) is 3.13. The topological polar surface area (TPSA) is 69.1 Å². The van der Waals surface area contributed by atoms with Crippen molar-refractivity contribution in [2.24, 2.45) is 0 Å². The Balaban J connectivity index is 3.36. The summed E-state index contributed by atoms with van der Waals surface area (Å²) in [4.78, 5) is 10.9. The van der Waals surface area contributed by atoms with Crippen LogP contribution in [0.25, 0.3) is 0 Å². The molecule has 0 aliphatic carbocycles. The van der Waals surface area contributed by atoms with Crippen LogP contribution >= 0.6 is 11.6 Å². The Hall–Kier alpha value is -1.22. The molecule has 0 saturated heterocycles. The van der Waals surface area contributed by atoms with Crippen molar-refractivity contribution >= 4 is 28.8 Å². The first-order valence-electron chi connectivity index (χ1n) is 3.38. The second kappa shape index (κ2) is 3.03. The molecule has 0 aromatic heterocycles. The molecular weight excluding hydrogens is 176 g/mol. The minimum absolute atomic E-state index is 0.119. The molecule has 0 saturated carbocycles. The minimum atomic E-state index is -0.119. The zero-order valence-electron chi connectivity index (χ0n) is 6.60. The number of ketones is 1. The van der Waals surface area contributed by atoms with Crippen LogP contribution in [0.2, 0.25) is 5.02 Å². The molecule has 0 unspecified atom stereocenters. The van der Waals surface area contributed by atoms with Crippen molar-refractivity contribution in [3.05, 3.63) is 22.7 Å². The lowest BCUT2D eigenvalue weighted by molar-refractivity contribution is 0.101. The molecule has 0 atom stereocenters. The van der Waals surface area contributed by atoms with Crippen molar-refractivity contribution in [3.63, 3.8) is 0 Å². The number of carbonyl (C=O) groups is 1. The van der Waals surface area contributed by atoms with Gasteiger partial charge in [-0.05, 0) is 19.1 Å². The number of hydrogen-bond donors (Lipinski definition) is 2. The molecular formula is C8H9ClN2O. The summed E-state index contributed by atoms with van der Waals surface area (Å²) in [6.45, 7) is 1.43. The van der Waals surface area contributed by atoms with Gasteiger partial charge < -0.3 is 11.5 Å². The summed E-state index contributed by atoms with van der Waals surface area (Å²) in [5.41, 5.74) is 12.0. The Morgan fingerprint density at radius 1 is 1.42 bits per heavy atom. The number of Topliss-reactive ketones (excluding diaryl/α,β-unsaturated/α-hetero) is 1. The highest BCUT2D eigenvalue weighted by molar-refractivity contribution is 6.36. The maximum Gasteiger partial charge on any atom is 0.161 e. The molecule has 0 amide bonds. The summed E-state index contributed by atoms with van der Waals surface area (Å²) < 4.78 is 0. The SMILES string of the molecule is CC(=O)c1ccc(N)c(N)c1Cl. The summed E-state index contributed by atoms with van der Waals surface area (Å²) in [5.74, 6) is -0.119. The number of hydrogen-bond acceptors (Lipinski definition) is 3. The van der Waals surface area contributed by atoms with Crippen LogP contribution < -0.4 is 11.5 Å². The number of nitrogen functional groups attached to an aromatic ring is 2. The van der Waals surface area contributed by atoms with Gasteiger partial charge in [0, 0.05) is 5.56 Å². The van der Waals surface area contributed by atoms with Crippen molar-refractivity contribution in [1.29, 1.82) is 0 Å². The van der Waals surface area contributed by atoms with E-state index < -0.39 is 0 Å². The summed E-state index contributed by atoms with van der Waals surface area (Å²) >= 11 is 5.77. The van der Waals surface area contributed by atoms with E-state index in [2.05, 4.69) is 0 Å². The zero-order chi connectivity index (χ0) is 9.30. The van der Waals surface area contributed by atoms with Gasteiger partial charge in [-0.1, -0.05) is 11.6 Å². The van der Waals surface area contributed by atoms with Crippen LogP contribution in [0.5, 0.6) is 0 Å². The maximum atomic E-state index is 10.9. The van der Waals surface area contributed by atoms with E-state index in [4.69, 9.17) is 23.1 Å². The number of rotatable bonds is 1. The lowest BCUT2D eigenvalue weighted by Gasteiger charge is -2.05. The molecule has 4 N–H and O–H groups in total. The van der Waals surface area contributed by atoms with Gasteiger partial charge in [-0.15, -0.1) is 0 Å². The van der Waals surface area contributed by atoms with Gasteiger partial charge in [-0.3, -0.25) is 4.79 Å². The van der Waals surface area contributed by atoms with Crippen LogP contribution in [0.4, 0.5) is 11.4 Å². The molecule has 1 aromatic rings. The highest BCUT2D eigenvalue weighted by atomic mass is 35.5. The molecule has 1 rings (SSSR count). The Bertz CT molecular complexity index is 336. The Labute approximate surface area is 75.3 Å². The van der Waals surface area contributed by atoms with E-state index in [0.29, 0.717) is 11.3 Å². The van der Waals surface area contributed by atoms with E-state index in [9.17, 15) is 4.79 Å².